The highest BCUT2D eigenvalue weighted by Gasteiger charge is 2.57. The average Bonchev–Trinajstić information content (AvgIpc) is 3.23. The van der Waals surface area contributed by atoms with E-state index in [0.717, 1.165) is 4.90 Å². The Balaban J connectivity index is 1.51. The Morgan fingerprint density at radius 1 is 0.976 bits per heavy atom. The van der Waals surface area contributed by atoms with Crippen LogP contribution in [-0.4, -0.2) is 47.6 Å². The number of anilines is 1. The Morgan fingerprint density at radius 2 is 1.62 bits per heavy atom. The second kappa shape index (κ2) is 9.79. The molecular weight excluding hydrogens is 544 g/mol. The number of ketones is 2. The number of benzene rings is 2. The minimum atomic E-state index is -0.832. The summed E-state index contributed by atoms with van der Waals surface area (Å²) in [6, 6.07) is 8.00. The monoisotopic (exact) mass is 570 g/mol. The van der Waals surface area contributed by atoms with E-state index in [2.05, 4.69) is 0 Å². The fourth-order valence-electron chi connectivity index (χ4n) is 6.88. The van der Waals surface area contributed by atoms with E-state index in [1.54, 1.807) is 6.92 Å². The molecule has 4 atom stereocenters. The van der Waals surface area contributed by atoms with Crippen molar-refractivity contribution in [3.8, 4) is 17.2 Å². The summed E-state index contributed by atoms with van der Waals surface area (Å²) in [5.41, 5.74) is 2.00. The molecular formula is C31H26N2O9. The number of methoxy groups -OCH3 is 2. The standard InChI is InChI=1S/C31H26N2O9/c1-14-10-22(35)21-13-20-18(26(27(21)29(14)36)28-23(41-2)11-17(34)12-24(28)42-3)8-9-19-25(20)31(38)32(30(19)37)15-4-6-16(7-5-15)33(39)40/h4-8,10-12,19-20,25-26,34H,9,13H2,1-3H3/t19-,20+,25-,26-/m0/s1. The zero-order chi connectivity index (χ0) is 30.0. The molecule has 0 spiro atoms. The van der Waals surface area contributed by atoms with Crippen LogP contribution in [0.25, 0.3) is 0 Å². The van der Waals surface area contributed by atoms with Crippen LogP contribution in [-0.2, 0) is 19.2 Å². The van der Waals surface area contributed by atoms with Crippen LogP contribution >= 0.6 is 0 Å². The number of fused-ring (bicyclic) bond motifs is 3. The molecule has 0 bridgehead atoms. The highest BCUT2D eigenvalue weighted by Crippen LogP contribution is 2.58. The maximum Gasteiger partial charge on any atom is 0.269 e. The van der Waals surface area contributed by atoms with E-state index in [-0.39, 0.29) is 69.8 Å². The Bertz CT molecular complexity index is 1670. The number of nitro groups is 1. The second-order valence-corrected chi connectivity index (χ2v) is 10.8. The highest BCUT2D eigenvalue weighted by atomic mass is 16.6. The van der Waals surface area contributed by atoms with E-state index in [4.69, 9.17) is 9.47 Å². The van der Waals surface area contributed by atoms with Crippen molar-refractivity contribution in [1.29, 1.82) is 0 Å². The van der Waals surface area contributed by atoms with Crippen LogP contribution in [0.2, 0.25) is 0 Å². The van der Waals surface area contributed by atoms with E-state index >= 15 is 0 Å². The number of Topliss-reactive ketones (excluding diaryl/α,β-unsaturated/α-hetero) is 1. The van der Waals surface area contributed by atoms with E-state index in [9.17, 15) is 34.4 Å². The first-order valence-corrected chi connectivity index (χ1v) is 13.3. The number of imide groups is 1. The van der Waals surface area contributed by atoms with Crippen molar-refractivity contribution in [1.82, 2.24) is 0 Å². The molecule has 6 rings (SSSR count). The second-order valence-electron chi connectivity index (χ2n) is 10.8. The number of hydrogen-bond donors (Lipinski definition) is 1. The molecule has 2 amide bonds. The van der Waals surface area contributed by atoms with Gasteiger partial charge in [0, 0.05) is 52.5 Å². The van der Waals surface area contributed by atoms with Crippen molar-refractivity contribution in [3.05, 3.63) is 86.5 Å². The topological polar surface area (TPSA) is 153 Å². The molecule has 0 aromatic heterocycles. The Hall–Kier alpha value is -5.06. The number of non-ortho nitro benzene ring substituents is 1. The third-order valence-electron chi connectivity index (χ3n) is 8.70. The van der Waals surface area contributed by atoms with Crippen LogP contribution in [0, 0.1) is 27.9 Å². The maximum atomic E-state index is 14.0. The van der Waals surface area contributed by atoms with Gasteiger partial charge < -0.3 is 14.6 Å². The van der Waals surface area contributed by atoms with Gasteiger partial charge >= 0.3 is 0 Å². The minimum absolute atomic E-state index is 0.0863. The molecule has 214 valence electrons. The molecule has 2 aromatic rings. The minimum Gasteiger partial charge on any atom is -0.508 e. The fourth-order valence-corrected chi connectivity index (χ4v) is 6.88. The highest BCUT2D eigenvalue weighted by molar-refractivity contribution is 6.25. The normalized spacial score (nSPS) is 25.0. The molecule has 0 saturated carbocycles. The number of rotatable bonds is 5. The summed E-state index contributed by atoms with van der Waals surface area (Å²) in [7, 11) is 2.83. The largest absolute Gasteiger partial charge is 0.508 e. The number of nitro benzene ring substituents is 1. The molecule has 11 nitrogen and oxygen atoms in total. The maximum absolute atomic E-state index is 14.0. The number of nitrogens with zero attached hydrogens (tertiary/aromatic N) is 2. The SMILES string of the molecule is COc1cc(O)cc(OC)c1[C@H]1C2=CC[C@@H]3C(=O)N(c4ccc([N+](=O)[O-])cc4)C(=O)[C@@H]3[C@@H]2CC2=C1C(=O)C(C)=CC2=O. The molecule has 1 N–H and O–H groups in total. The van der Waals surface area contributed by atoms with E-state index in [1.807, 2.05) is 6.08 Å². The Labute approximate surface area is 239 Å². The van der Waals surface area contributed by atoms with Crippen molar-refractivity contribution >= 4 is 34.8 Å². The van der Waals surface area contributed by atoms with Gasteiger partial charge in [-0.1, -0.05) is 11.6 Å². The Morgan fingerprint density at radius 3 is 2.21 bits per heavy atom. The van der Waals surface area contributed by atoms with Gasteiger partial charge in [-0.25, -0.2) is 0 Å². The van der Waals surface area contributed by atoms with E-state index < -0.39 is 40.4 Å². The predicted octanol–water partition coefficient (Wildman–Crippen LogP) is 3.95. The lowest BCUT2D eigenvalue weighted by Gasteiger charge is -2.42. The van der Waals surface area contributed by atoms with Gasteiger partial charge in [-0.05, 0) is 43.9 Å². The summed E-state index contributed by atoms with van der Waals surface area (Å²) in [6.45, 7) is 1.57. The number of phenolic OH excluding ortho intramolecular Hbond substituents is 1. The first-order valence-electron chi connectivity index (χ1n) is 13.3. The molecule has 42 heavy (non-hydrogen) atoms. The summed E-state index contributed by atoms with van der Waals surface area (Å²) in [4.78, 5) is 66.3. The number of hydrogen-bond acceptors (Lipinski definition) is 9. The first-order chi connectivity index (χ1) is 20.1. The van der Waals surface area contributed by atoms with Crippen molar-refractivity contribution < 1.29 is 38.7 Å². The quantitative estimate of drug-likeness (QED) is 0.185. The molecule has 1 aliphatic heterocycles. The molecule has 0 unspecified atom stereocenters. The number of ether oxygens (including phenoxy) is 2. The third kappa shape index (κ3) is 3.87. The van der Waals surface area contributed by atoms with Gasteiger partial charge in [0.1, 0.15) is 17.2 Å². The fraction of sp³-hybridized carbons (Fsp3) is 0.290. The van der Waals surface area contributed by atoms with Gasteiger partial charge in [0.2, 0.25) is 11.8 Å². The number of phenols is 1. The Kier molecular flexibility index (Phi) is 6.32. The van der Waals surface area contributed by atoms with E-state index in [1.165, 1.54) is 56.7 Å². The predicted molar refractivity (Wildman–Crippen MR) is 148 cm³/mol. The molecule has 1 fully saturated rings. The van der Waals surface area contributed by atoms with Crippen LogP contribution in [0.15, 0.2) is 70.8 Å². The van der Waals surface area contributed by atoms with Crippen LogP contribution in [0.5, 0.6) is 17.2 Å². The number of aromatic hydroxyl groups is 1. The molecule has 2 aromatic carbocycles. The third-order valence-corrected chi connectivity index (χ3v) is 8.70. The summed E-state index contributed by atoms with van der Waals surface area (Å²) < 4.78 is 11.2. The van der Waals surface area contributed by atoms with Crippen LogP contribution in [0.3, 0.4) is 0 Å². The van der Waals surface area contributed by atoms with Gasteiger partial charge in [0.25, 0.3) is 5.69 Å². The van der Waals surface area contributed by atoms with Crippen LogP contribution in [0.1, 0.15) is 31.2 Å². The molecule has 1 heterocycles. The molecule has 11 heteroatoms. The number of carbonyl (C=O) groups is 4. The molecule has 1 saturated heterocycles. The van der Waals surface area contributed by atoms with Gasteiger partial charge in [0.15, 0.2) is 11.6 Å². The van der Waals surface area contributed by atoms with Gasteiger partial charge in [-0.2, -0.15) is 0 Å². The number of allylic oxidation sites excluding steroid dienone is 6. The summed E-state index contributed by atoms with van der Waals surface area (Å²) in [6.07, 6.45) is 3.46. The van der Waals surface area contributed by atoms with Gasteiger partial charge in [0.05, 0.1) is 36.7 Å². The van der Waals surface area contributed by atoms with Crippen molar-refractivity contribution in [2.75, 3.05) is 19.1 Å². The molecule has 0 radical (unpaired) electrons. The van der Waals surface area contributed by atoms with Crippen molar-refractivity contribution in [2.24, 2.45) is 17.8 Å². The number of amides is 2. The molecule has 4 aliphatic rings. The van der Waals surface area contributed by atoms with Crippen LogP contribution in [0.4, 0.5) is 11.4 Å². The number of carbonyl (C=O) groups excluding carboxylic acids is 4. The van der Waals surface area contributed by atoms with Gasteiger partial charge in [-0.15, -0.1) is 0 Å². The summed E-state index contributed by atoms with van der Waals surface area (Å²) in [5.74, 6) is -4.15. The lowest BCUT2D eigenvalue weighted by atomic mass is 9.59. The van der Waals surface area contributed by atoms with Crippen molar-refractivity contribution in [3.63, 3.8) is 0 Å². The van der Waals surface area contributed by atoms with Crippen molar-refractivity contribution in [2.45, 2.75) is 25.7 Å². The first kappa shape index (κ1) is 27.1. The average molecular weight is 571 g/mol. The summed E-state index contributed by atoms with van der Waals surface area (Å²) >= 11 is 0. The lowest BCUT2D eigenvalue weighted by Crippen LogP contribution is -2.40. The molecule has 3 aliphatic carbocycles. The van der Waals surface area contributed by atoms with Crippen LogP contribution < -0.4 is 14.4 Å². The smallest absolute Gasteiger partial charge is 0.269 e. The lowest BCUT2D eigenvalue weighted by molar-refractivity contribution is -0.384. The zero-order valence-electron chi connectivity index (χ0n) is 23.0. The zero-order valence-corrected chi connectivity index (χ0v) is 23.0. The van der Waals surface area contributed by atoms with E-state index in [0.29, 0.717) is 11.1 Å². The summed E-state index contributed by atoms with van der Waals surface area (Å²) in [5, 5.41) is 21.4. The van der Waals surface area contributed by atoms with Gasteiger partial charge in [-0.3, -0.25) is 34.2 Å².